The number of nitrogens with zero attached hydrogens (tertiary/aromatic N) is 1. The zero-order chi connectivity index (χ0) is 24.5. The van der Waals surface area contributed by atoms with Crippen LogP contribution in [-0.4, -0.2) is 36.8 Å². The van der Waals surface area contributed by atoms with Crippen molar-refractivity contribution < 1.29 is 22.7 Å². The zero-order valence-corrected chi connectivity index (χ0v) is 20.2. The second kappa shape index (κ2) is 9.64. The van der Waals surface area contributed by atoms with Gasteiger partial charge in [-0.3, -0.25) is 4.79 Å². The van der Waals surface area contributed by atoms with Crippen molar-refractivity contribution in [2.75, 3.05) is 18.4 Å². The summed E-state index contributed by atoms with van der Waals surface area (Å²) in [5.41, 5.74) is -0.175. The summed E-state index contributed by atoms with van der Waals surface area (Å²) in [6.07, 6.45) is 0.477. The van der Waals surface area contributed by atoms with Crippen LogP contribution in [0.5, 0.6) is 0 Å². The first kappa shape index (κ1) is 24.6. The highest BCUT2D eigenvalue weighted by Gasteiger charge is 2.38. The van der Waals surface area contributed by atoms with Crippen LogP contribution in [0.25, 0.3) is 0 Å². The summed E-state index contributed by atoms with van der Waals surface area (Å²) < 4.78 is 41.2. The highest BCUT2D eigenvalue weighted by atomic mass is 35.5. The van der Waals surface area contributed by atoms with E-state index in [0.29, 0.717) is 0 Å². The van der Waals surface area contributed by atoms with Crippen LogP contribution in [0.1, 0.15) is 28.8 Å². The Morgan fingerprint density at radius 3 is 2.29 bits per heavy atom. The van der Waals surface area contributed by atoms with Gasteiger partial charge in [0.2, 0.25) is 10.0 Å². The first-order valence-electron chi connectivity index (χ1n) is 10.4. The molecule has 1 aliphatic heterocycles. The minimum absolute atomic E-state index is 0.0546. The van der Waals surface area contributed by atoms with Gasteiger partial charge in [-0.15, -0.1) is 0 Å². The molecule has 1 amide bonds. The van der Waals surface area contributed by atoms with Gasteiger partial charge in [0.1, 0.15) is 5.82 Å². The number of sulfonamides is 1. The molecule has 0 radical (unpaired) electrons. The topological polar surface area (TPSA) is 86.7 Å². The molecule has 0 unspecified atom stereocenters. The second-order valence-electron chi connectivity index (χ2n) is 8.03. The number of rotatable bonds is 5. The lowest BCUT2D eigenvalue weighted by Crippen LogP contribution is -2.45. The molecule has 1 heterocycles. The summed E-state index contributed by atoms with van der Waals surface area (Å²) in [6, 6.07) is 16.7. The van der Waals surface area contributed by atoms with Gasteiger partial charge in [0.15, 0.2) is 0 Å². The number of anilines is 1. The summed E-state index contributed by atoms with van der Waals surface area (Å²) in [4.78, 5) is 12.7. The molecule has 10 heteroatoms. The van der Waals surface area contributed by atoms with Gasteiger partial charge >= 0.3 is 0 Å². The Morgan fingerprint density at radius 2 is 1.65 bits per heavy atom. The third-order valence-electron chi connectivity index (χ3n) is 5.86. The van der Waals surface area contributed by atoms with Gasteiger partial charge in [-0.1, -0.05) is 53.5 Å². The normalized spacial score (nSPS) is 16.2. The van der Waals surface area contributed by atoms with Crippen LogP contribution in [-0.2, 0) is 15.6 Å². The van der Waals surface area contributed by atoms with Crippen LogP contribution in [0.4, 0.5) is 10.1 Å². The number of piperidine rings is 1. The highest BCUT2D eigenvalue weighted by Crippen LogP contribution is 2.35. The molecule has 0 aromatic heterocycles. The maximum atomic E-state index is 13.4. The summed E-state index contributed by atoms with van der Waals surface area (Å²) >= 11 is 11.9. The molecule has 0 spiro atoms. The van der Waals surface area contributed by atoms with E-state index in [1.165, 1.54) is 34.6 Å². The molecule has 1 saturated heterocycles. The average Bonchev–Trinajstić information content (AvgIpc) is 2.82. The Kier molecular flexibility index (Phi) is 6.98. The Balaban J connectivity index is 1.53. The van der Waals surface area contributed by atoms with Crippen LogP contribution < -0.4 is 5.32 Å². The fraction of sp³-hybridized carbons (Fsp3) is 0.208. The van der Waals surface area contributed by atoms with Crippen molar-refractivity contribution in [1.82, 2.24) is 4.31 Å². The molecule has 0 aliphatic carbocycles. The molecule has 2 N–H and O–H groups in total. The van der Waals surface area contributed by atoms with Crippen LogP contribution >= 0.6 is 23.2 Å². The van der Waals surface area contributed by atoms with Crippen molar-refractivity contribution in [2.45, 2.75) is 23.3 Å². The first-order valence-corrected chi connectivity index (χ1v) is 12.6. The smallest absolute Gasteiger partial charge is 0.257 e. The lowest BCUT2D eigenvalue weighted by molar-refractivity contribution is -0.00961. The number of hydrogen-bond acceptors (Lipinski definition) is 4. The van der Waals surface area contributed by atoms with E-state index in [1.807, 2.05) is 30.3 Å². The molecule has 6 nitrogen and oxygen atoms in total. The van der Waals surface area contributed by atoms with Gasteiger partial charge in [-0.05, 0) is 54.8 Å². The number of hydrogen-bond donors (Lipinski definition) is 2. The van der Waals surface area contributed by atoms with Crippen molar-refractivity contribution in [3.8, 4) is 0 Å². The van der Waals surface area contributed by atoms with E-state index in [4.69, 9.17) is 23.2 Å². The maximum Gasteiger partial charge on any atom is 0.257 e. The van der Waals surface area contributed by atoms with E-state index in [-0.39, 0.29) is 52.1 Å². The van der Waals surface area contributed by atoms with Crippen LogP contribution in [0.3, 0.4) is 0 Å². The van der Waals surface area contributed by atoms with E-state index < -0.39 is 27.3 Å². The molecule has 0 bridgehead atoms. The van der Waals surface area contributed by atoms with Crippen molar-refractivity contribution in [3.05, 3.63) is 93.7 Å². The van der Waals surface area contributed by atoms with Crippen molar-refractivity contribution in [1.29, 1.82) is 0 Å². The van der Waals surface area contributed by atoms with E-state index >= 15 is 0 Å². The molecule has 4 rings (SSSR count). The van der Waals surface area contributed by atoms with Crippen molar-refractivity contribution in [3.63, 3.8) is 0 Å². The summed E-state index contributed by atoms with van der Waals surface area (Å²) in [7, 11) is -3.94. The molecular formula is C24H21Cl2FN2O4S. The molecule has 1 aliphatic rings. The lowest BCUT2D eigenvalue weighted by Gasteiger charge is -2.37. The van der Waals surface area contributed by atoms with Gasteiger partial charge in [0.05, 0.1) is 26.1 Å². The molecule has 3 aromatic rings. The number of halogens is 3. The number of amides is 1. The Hall–Kier alpha value is -2.49. The standard InChI is InChI=1S/C24H21Cl2FN2O4S/c25-20-8-7-18(15-19(20)23(30)28-17-6-9-22(27)21(26)14-17)34(32,33)29-12-10-24(31,11-13-29)16-4-2-1-3-5-16/h1-9,14-15,31H,10-13H2,(H,28,30). The lowest BCUT2D eigenvalue weighted by atomic mass is 9.85. The molecule has 1 fully saturated rings. The third-order valence-corrected chi connectivity index (χ3v) is 8.37. The fourth-order valence-electron chi connectivity index (χ4n) is 3.89. The number of nitrogens with one attached hydrogen (secondary N) is 1. The Labute approximate surface area is 207 Å². The van der Waals surface area contributed by atoms with Crippen LogP contribution in [0.2, 0.25) is 10.0 Å². The van der Waals surface area contributed by atoms with Gasteiger partial charge in [-0.25, -0.2) is 12.8 Å². The minimum Gasteiger partial charge on any atom is -0.385 e. The fourth-order valence-corrected chi connectivity index (χ4v) is 5.75. The largest absolute Gasteiger partial charge is 0.385 e. The number of carbonyl (C=O) groups is 1. The van der Waals surface area contributed by atoms with Gasteiger partial charge < -0.3 is 10.4 Å². The first-order chi connectivity index (χ1) is 16.1. The van der Waals surface area contributed by atoms with Crippen LogP contribution in [0.15, 0.2) is 71.6 Å². The predicted molar refractivity (Wildman–Crippen MR) is 129 cm³/mol. The van der Waals surface area contributed by atoms with Gasteiger partial charge in [0.25, 0.3) is 5.91 Å². The number of carbonyl (C=O) groups excluding carboxylic acids is 1. The molecule has 0 atom stereocenters. The number of benzene rings is 3. The quantitative estimate of drug-likeness (QED) is 0.490. The molecule has 0 saturated carbocycles. The molecular weight excluding hydrogens is 502 g/mol. The van der Waals surface area contributed by atoms with Crippen molar-refractivity contribution >= 4 is 44.8 Å². The number of aliphatic hydroxyl groups is 1. The summed E-state index contributed by atoms with van der Waals surface area (Å²) in [6.45, 7) is 0.234. The zero-order valence-electron chi connectivity index (χ0n) is 17.8. The summed E-state index contributed by atoms with van der Waals surface area (Å²) in [5, 5.41) is 13.4. The minimum atomic E-state index is -3.94. The van der Waals surface area contributed by atoms with E-state index in [9.17, 15) is 22.7 Å². The Bertz CT molecular complexity index is 1330. The molecule has 3 aromatic carbocycles. The van der Waals surface area contributed by atoms with E-state index in [0.717, 1.165) is 11.6 Å². The highest BCUT2D eigenvalue weighted by molar-refractivity contribution is 7.89. The molecule has 178 valence electrons. The van der Waals surface area contributed by atoms with Crippen LogP contribution in [0, 0.1) is 5.82 Å². The average molecular weight is 523 g/mol. The maximum absolute atomic E-state index is 13.4. The van der Waals surface area contributed by atoms with E-state index in [2.05, 4.69) is 5.32 Å². The monoisotopic (exact) mass is 522 g/mol. The van der Waals surface area contributed by atoms with E-state index in [1.54, 1.807) is 0 Å². The van der Waals surface area contributed by atoms with Gasteiger partial charge in [0, 0.05) is 18.8 Å². The van der Waals surface area contributed by atoms with Crippen molar-refractivity contribution in [2.24, 2.45) is 0 Å². The van der Waals surface area contributed by atoms with Gasteiger partial charge in [-0.2, -0.15) is 4.31 Å². The SMILES string of the molecule is O=C(Nc1ccc(F)c(Cl)c1)c1cc(S(=O)(=O)N2CCC(O)(c3ccccc3)CC2)ccc1Cl. The molecule has 34 heavy (non-hydrogen) atoms. The third kappa shape index (κ3) is 4.96. The summed E-state index contributed by atoms with van der Waals surface area (Å²) in [5.74, 6) is -1.30. The predicted octanol–water partition coefficient (Wildman–Crippen LogP) is 5.06. The Morgan fingerprint density at radius 1 is 0.971 bits per heavy atom. The second-order valence-corrected chi connectivity index (χ2v) is 10.8.